The molecule has 0 saturated carbocycles. The third-order valence-electron chi connectivity index (χ3n) is 2.41. The van der Waals surface area contributed by atoms with Crippen LogP contribution >= 0.6 is 0 Å². The summed E-state index contributed by atoms with van der Waals surface area (Å²) in [5.74, 6) is 6.25. The van der Waals surface area contributed by atoms with Gasteiger partial charge in [-0.1, -0.05) is 76.0 Å². The molecule has 0 unspecified atom stereocenters. The van der Waals surface area contributed by atoms with Crippen LogP contribution in [0.25, 0.3) is 0 Å². The largest absolute Gasteiger partial charge is 0.0985 e. The van der Waals surface area contributed by atoms with E-state index in [0.29, 0.717) is 0 Å². The molecule has 0 aromatic heterocycles. The SMILES string of the molecule is CCCC/C=C/C=C\C#CCCCCCC. The van der Waals surface area contributed by atoms with Crippen LogP contribution in [-0.4, -0.2) is 0 Å². The summed E-state index contributed by atoms with van der Waals surface area (Å²) in [6, 6.07) is 0. The summed E-state index contributed by atoms with van der Waals surface area (Å²) in [7, 11) is 0. The van der Waals surface area contributed by atoms with Crippen molar-refractivity contribution in [2.75, 3.05) is 0 Å². The number of rotatable bonds is 8. The first-order valence-corrected chi connectivity index (χ1v) is 6.71. The molecule has 0 nitrogen and oxygen atoms in total. The molecule has 16 heavy (non-hydrogen) atoms. The molecular formula is C16H26. The molecular weight excluding hydrogens is 192 g/mol. The van der Waals surface area contributed by atoms with Crippen LogP contribution in [0.5, 0.6) is 0 Å². The van der Waals surface area contributed by atoms with Gasteiger partial charge in [0.1, 0.15) is 0 Å². The Hall–Kier alpha value is -0.960. The molecule has 0 amide bonds. The first kappa shape index (κ1) is 15.0. The molecule has 0 N–H and O–H groups in total. The summed E-state index contributed by atoms with van der Waals surface area (Å²) in [6.45, 7) is 4.45. The Morgan fingerprint density at radius 3 is 2.44 bits per heavy atom. The first-order chi connectivity index (χ1) is 7.91. The van der Waals surface area contributed by atoms with Gasteiger partial charge in [0, 0.05) is 6.42 Å². The standard InChI is InChI=1S/C16H26/c1-3-5-7-9-11-13-15-16-14-12-10-8-6-4-2/h9,11,13,15H,3-8,10,12H2,1-2H3/b11-9+,15-13-. The van der Waals surface area contributed by atoms with Crippen molar-refractivity contribution in [3.8, 4) is 11.8 Å². The summed E-state index contributed by atoms with van der Waals surface area (Å²) in [5.41, 5.74) is 0. The van der Waals surface area contributed by atoms with Gasteiger partial charge in [-0.3, -0.25) is 0 Å². The quantitative estimate of drug-likeness (QED) is 0.296. The van der Waals surface area contributed by atoms with Crippen LogP contribution in [-0.2, 0) is 0 Å². The summed E-state index contributed by atoms with van der Waals surface area (Å²) in [4.78, 5) is 0. The van der Waals surface area contributed by atoms with Crippen molar-refractivity contribution in [2.45, 2.75) is 65.2 Å². The highest BCUT2D eigenvalue weighted by atomic mass is 13.9. The number of unbranched alkanes of at least 4 members (excludes halogenated alkanes) is 6. The van der Waals surface area contributed by atoms with E-state index in [1.54, 1.807) is 0 Å². The lowest BCUT2D eigenvalue weighted by Crippen LogP contribution is -1.73. The highest BCUT2D eigenvalue weighted by Gasteiger charge is 1.82. The average Bonchev–Trinajstić information content (AvgIpc) is 2.31. The van der Waals surface area contributed by atoms with E-state index in [2.05, 4.69) is 37.8 Å². The minimum absolute atomic E-state index is 1.05. The lowest BCUT2D eigenvalue weighted by molar-refractivity contribution is 0.679. The van der Waals surface area contributed by atoms with Crippen LogP contribution in [0, 0.1) is 11.8 Å². The smallest absolute Gasteiger partial charge is 0.00922 e. The first-order valence-electron chi connectivity index (χ1n) is 6.71. The van der Waals surface area contributed by atoms with Crippen molar-refractivity contribution >= 4 is 0 Å². The molecule has 0 fully saturated rings. The maximum atomic E-state index is 3.18. The van der Waals surface area contributed by atoms with E-state index in [9.17, 15) is 0 Å². The van der Waals surface area contributed by atoms with Crippen LogP contribution in [0.1, 0.15) is 65.2 Å². The van der Waals surface area contributed by atoms with Crippen molar-refractivity contribution in [1.82, 2.24) is 0 Å². The second-order valence-corrected chi connectivity index (χ2v) is 4.06. The predicted molar refractivity (Wildman–Crippen MR) is 74.3 cm³/mol. The molecule has 90 valence electrons. The second-order valence-electron chi connectivity index (χ2n) is 4.06. The van der Waals surface area contributed by atoms with Gasteiger partial charge in [-0.05, 0) is 18.9 Å². The fourth-order valence-electron chi connectivity index (χ4n) is 1.37. The Bertz CT molecular complexity index is 234. The number of allylic oxidation sites excluding steroid dienone is 4. The Balaban J connectivity index is 3.37. The van der Waals surface area contributed by atoms with Crippen LogP contribution in [0.3, 0.4) is 0 Å². The molecule has 0 radical (unpaired) electrons. The molecule has 0 aromatic rings. The van der Waals surface area contributed by atoms with E-state index in [1.165, 1.54) is 44.9 Å². The normalized spacial score (nSPS) is 10.9. The fourth-order valence-corrected chi connectivity index (χ4v) is 1.37. The minimum atomic E-state index is 1.05. The molecule has 0 aliphatic carbocycles. The predicted octanol–water partition coefficient (Wildman–Crippen LogP) is 5.26. The van der Waals surface area contributed by atoms with Gasteiger partial charge in [-0.25, -0.2) is 0 Å². The summed E-state index contributed by atoms with van der Waals surface area (Å²) in [6.07, 6.45) is 18.3. The van der Waals surface area contributed by atoms with Gasteiger partial charge < -0.3 is 0 Å². The molecule has 0 heteroatoms. The number of hydrogen-bond donors (Lipinski definition) is 0. The molecule has 0 saturated heterocycles. The lowest BCUT2D eigenvalue weighted by Gasteiger charge is -1.91. The van der Waals surface area contributed by atoms with Crippen molar-refractivity contribution in [1.29, 1.82) is 0 Å². The minimum Gasteiger partial charge on any atom is -0.0985 e. The van der Waals surface area contributed by atoms with Crippen LogP contribution < -0.4 is 0 Å². The van der Waals surface area contributed by atoms with E-state index >= 15 is 0 Å². The molecule has 0 aliphatic rings. The van der Waals surface area contributed by atoms with Crippen LogP contribution in [0.4, 0.5) is 0 Å². The van der Waals surface area contributed by atoms with Gasteiger partial charge >= 0.3 is 0 Å². The highest BCUT2D eigenvalue weighted by molar-refractivity contribution is 5.19. The summed E-state index contributed by atoms with van der Waals surface area (Å²) >= 11 is 0. The molecule has 0 heterocycles. The lowest BCUT2D eigenvalue weighted by atomic mass is 10.2. The Morgan fingerprint density at radius 1 is 0.875 bits per heavy atom. The van der Waals surface area contributed by atoms with Crippen molar-refractivity contribution in [3.05, 3.63) is 24.3 Å². The maximum Gasteiger partial charge on any atom is 0.00922 e. The Kier molecular flexibility index (Phi) is 13.2. The van der Waals surface area contributed by atoms with Crippen molar-refractivity contribution in [3.63, 3.8) is 0 Å². The Morgan fingerprint density at radius 2 is 1.69 bits per heavy atom. The molecule has 0 aromatic carbocycles. The van der Waals surface area contributed by atoms with Gasteiger partial charge in [0.05, 0.1) is 0 Å². The Labute approximate surface area is 102 Å². The van der Waals surface area contributed by atoms with E-state index in [1.807, 2.05) is 12.2 Å². The topological polar surface area (TPSA) is 0 Å². The van der Waals surface area contributed by atoms with Crippen molar-refractivity contribution < 1.29 is 0 Å². The zero-order valence-corrected chi connectivity index (χ0v) is 11.0. The molecule has 0 rings (SSSR count). The molecule has 0 aliphatic heterocycles. The maximum absolute atomic E-state index is 3.18. The van der Waals surface area contributed by atoms with Gasteiger partial charge in [-0.15, -0.1) is 0 Å². The third kappa shape index (κ3) is 13.0. The zero-order chi connectivity index (χ0) is 11.9. The fraction of sp³-hybridized carbons (Fsp3) is 0.625. The second kappa shape index (κ2) is 14.0. The van der Waals surface area contributed by atoms with Crippen molar-refractivity contribution in [2.24, 2.45) is 0 Å². The number of hydrogen-bond acceptors (Lipinski definition) is 0. The molecule has 0 spiro atoms. The summed E-state index contributed by atoms with van der Waals surface area (Å²) < 4.78 is 0. The van der Waals surface area contributed by atoms with E-state index in [4.69, 9.17) is 0 Å². The van der Waals surface area contributed by atoms with Gasteiger partial charge in [0.25, 0.3) is 0 Å². The van der Waals surface area contributed by atoms with Gasteiger partial charge in [0.2, 0.25) is 0 Å². The monoisotopic (exact) mass is 218 g/mol. The van der Waals surface area contributed by atoms with Gasteiger partial charge in [0.15, 0.2) is 0 Å². The average molecular weight is 218 g/mol. The third-order valence-corrected chi connectivity index (χ3v) is 2.41. The zero-order valence-electron chi connectivity index (χ0n) is 11.0. The summed E-state index contributed by atoms with van der Waals surface area (Å²) in [5, 5.41) is 0. The van der Waals surface area contributed by atoms with E-state index in [-0.39, 0.29) is 0 Å². The van der Waals surface area contributed by atoms with E-state index < -0.39 is 0 Å². The van der Waals surface area contributed by atoms with Crippen LogP contribution in [0.15, 0.2) is 24.3 Å². The van der Waals surface area contributed by atoms with Crippen LogP contribution in [0.2, 0.25) is 0 Å². The molecule has 0 bridgehead atoms. The highest BCUT2D eigenvalue weighted by Crippen LogP contribution is 2.00. The molecule has 0 atom stereocenters. The van der Waals surface area contributed by atoms with E-state index in [0.717, 1.165) is 6.42 Å². The van der Waals surface area contributed by atoms with Gasteiger partial charge in [-0.2, -0.15) is 0 Å².